The summed E-state index contributed by atoms with van der Waals surface area (Å²) in [7, 11) is 1.90. The van der Waals surface area contributed by atoms with Crippen LogP contribution >= 0.6 is 0 Å². The summed E-state index contributed by atoms with van der Waals surface area (Å²) in [4.78, 5) is 0. The molecule has 2 unspecified atom stereocenters. The second kappa shape index (κ2) is 6.70. The van der Waals surface area contributed by atoms with E-state index in [1.54, 1.807) is 0 Å². The van der Waals surface area contributed by atoms with E-state index in [0.29, 0.717) is 17.9 Å². The van der Waals surface area contributed by atoms with Crippen molar-refractivity contribution >= 4 is 0 Å². The summed E-state index contributed by atoms with van der Waals surface area (Å²) in [5.74, 6) is -0.507. The molecule has 0 amide bonds. The highest BCUT2D eigenvalue weighted by atomic mass is 19.1. The molecule has 3 heteroatoms. The number of rotatable bonds is 6. The van der Waals surface area contributed by atoms with E-state index >= 15 is 0 Å². The summed E-state index contributed by atoms with van der Waals surface area (Å²) >= 11 is 0. The molecule has 0 aliphatic rings. The quantitative estimate of drug-likeness (QED) is 0.803. The number of hydrogen-bond acceptors (Lipinski definition) is 1. The Morgan fingerprint density at radius 3 is 2.24 bits per heavy atom. The van der Waals surface area contributed by atoms with Crippen molar-refractivity contribution in [2.75, 3.05) is 7.05 Å². The molecule has 1 N–H and O–H groups in total. The molecule has 17 heavy (non-hydrogen) atoms. The Balaban J connectivity index is 2.73. The number of benzene rings is 1. The minimum atomic E-state index is -0.502. The highest BCUT2D eigenvalue weighted by Crippen LogP contribution is 2.17. The molecule has 2 atom stereocenters. The van der Waals surface area contributed by atoms with Gasteiger partial charge in [0.25, 0.3) is 0 Å². The molecule has 1 aromatic carbocycles. The molecule has 1 rings (SSSR count). The van der Waals surface area contributed by atoms with Crippen LogP contribution in [0.5, 0.6) is 0 Å². The predicted octanol–water partition coefficient (Wildman–Crippen LogP) is 3.53. The molecule has 0 saturated heterocycles. The van der Waals surface area contributed by atoms with Crippen molar-refractivity contribution in [1.29, 1.82) is 0 Å². The zero-order valence-electron chi connectivity index (χ0n) is 10.8. The lowest BCUT2D eigenvalue weighted by Crippen LogP contribution is -2.34. The smallest absolute Gasteiger partial charge is 0.126 e. The average molecular weight is 241 g/mol. The molecule has 0 spiro atoms. The number of halogens is 2. The van der Waals surface area contributed by atoms with E-state index in [1.165, 1.54) is 12.1 Å². The molecule has 96 valence electrons. The Morgan fingerprint density at radius 2 is 1.76 bits per heavy atom. The normalized spacial score (nSPS) is 14.6. The lowest BCUT2D eigenvalue weighted by molar-refractivity contribution is 0.371. The van der Waals surface area contributed by atoms with Crippen LogP contribution in [0, 0.1) is 17.6 Å². The van der Waals surface area contributed by atoms with Gasteiger partial charge in [0, 0.05) is 12.1 Å². The minimum Gasteiger partial charge on any atom is -0.316 e. The molecule has 1 nitrogen and oxygen atoms in total. The molecule has 0 fully saturated rings. The molecule has 0 aliphatic heterocycles. The first kappa shape index (κ1) is 14.1. The van der Waals surface area contributed by atoms with Crippen LogP contribution in [0.3, 0.4) is 0 Å². The molecular formula is C14H21F2N. The average Bonchev–Trinajstić information content (AvgIpc) is 2.24. The van der Waals surface area contributed by atoms with Crippen molar-refractivity contribution in [1.82, 2.24) is 5.32 Å². The van der Waals surface area contributed by atoms with E-state index in [4.69, 9.17) is 0 Å². The summed E-state index contributed by atoms with van der Waals surface area (Å²) in [6.07, 6.45) is 2.90. The monoisotopic (exact) mass is 241 g/mol. The van der Waals surface area contributed by atoms with Crippen LogP contribution < -0.4 is 5.32 Å². The van der Waals surface area contributed by atoms with Crippen LogP contribution in [0.25, 0.3) is 0 Å². The van der Waals surface area contributed by atoms with Gasteiger partial charge in [-0.15, -0.1) is 0 Å². The van der Waals surface area contributed by atoms with Crippen molar-refractivity contribution in [3.05, 3.63) is 35.4 Å². The van der Waals surface area contributed by atoms with Crippen LogP contribution in [-0.2, 0) is 6.42 Å². The van der Waals surface area contributed by atoms with Gasteiger partial charge in [0.1, 0.15) is 11.6 Å². The van der Waals surface area contributed by atoms with Gasteiger partial charge in [-0.25, -0.2) is 8.78 Å². The maximum atomic E-state index is 13.1. The van der Waals surface area contributed by atoms with Gasteiger partial charge in [-0.3, -0.25) is 0 Å². The molecule has 0 aromatic heterocycles. The third kappa shape index (κ3) is 4.43. The van der Waals surface area contributed by atoms with Gasteiger partial charge in [-0.05, 0) is 43.5 Å². The lowest BCUT2D eigenvalue weighted by Gasteiger charge is -2.23. The topological polar surface area (TPSA) is 12.0 Å². The highest BCUT2D eigenvalue weighted by Gasteiger charge is 2.15. The highest BCUT2D eigenvalue weighted by molar-refractivity contribution is 5.19. The summed E-state index contributed by atoms with van der Waals surface area (Å²) in [6.45, 7) is 4.31. The zero-order chi connectivity index (χ0) is 12.8. The Kier molecular flexibility index (Phi) is 5.56. The van der Waals surface area contributed by atoms with Crippen LogP contribution in [0.4, 0.5) is 8.78 Å². The summed E-state index contributed by atoms with van der Waals surface area (Å²) in [5, 5.41) is 3.23. The molecule has 0 heterocycles. The van der Waals surface area contributed by atoms with E-state index in [9.17, 15) is 8.78 Å². The van der Waals surface area contributed by atoms with Crippen molar-refractivity contribution in [3.8, 4) is 0 Å². The first-order valence-corrected chi connectivity index (χ1v) is 6.19. The van der Waals surface area contributed by atoms with Crippen molar-refractivity contribution in [2.24, 2.45) is 5.92 Å². The maximum absolute atomic E-state index is 13.1. The predicted molar refractivity (Wildman–Crippen MR) is 67.0 cm³/mol. The van der Waals surface area contributed by atoms with Crippen LogP contribution in [-0.4, -0.2) is 13.1 Å². The standard InChI is InChI=1S/C14H21F2N/c1-4-5-10(2)14(17-3)8-11-6-12(15)9-13(16)7-11/h6-7,9-10,14,17H,4-5,8H2,1-3H3. The van der Waals surface area contributed by atoms with Crippen LogP contribution in [0.15, 0.2) is 18.2 Å². The first-order chi connectivity index (χ1) is 8.06. The van der Waals surface area contributed by atoms with E-state index in [2.05, 4.69) is 19.2 Å². The fourth-order valence-corrected chi connectivity index (χ4v) is 2.23. The molecule has 0 aliphatic carbocycles. The fraction of sp³-hybridized carbons (Fsp3) is 0.571. The Labute approximate surface area is 102 Å². The van der Waals surface area contributed by atoms with Crippen LogP contribution in [0.1, 0.15) is 32.3 Å². The zero-order valence-corrected chi connectivity index (χ0v) is 10.8. The lowest BCUT2D eigenvalue weighted by atomic mass is 9.91. The SMILES string of the molecule is CCCC(C)C(Cc1cc(F)cc(F)c1)NC. The second-order valence-electron chi connectivity index (χ2n) is 4.64. The Hall–Kier alpha value is -0.960. The number of nitrogens with one attached hydrogen (secondary N) is 1. The van der Waals surface area contributed by atoms with Gasteiger partial charge in [-0.1, -0.05) is 20.3 Å². The third-order valence-corrected chi connectivity index (χ3v) is 3.18. The van der Waals surface area contributed by atoms with Crippen LogP contribution in [0.2, 0.25) is 0 Å². The van der Waals surface area contributed by atoms with Gasteiger partial charge in [0.05, 0.1) is 0 Å². The van der Waals surface area contributed by atoms with Crippen molar-refractivity contribution in [2.45, 2.75) is 39.2 Å². The van der Waals surface area contributed by atoms with E-state index in [0.717, 1.165) is 18.9 Å². The van der Waals surface area contributed by atoms with Crippen molar-refractivity contribution < 1.29 is 8.78 Å². The largest absolute Gasteiger partial charge is 0.316 e. The van der Waals surface area contributed by atoms with Gasteiger partial charge in [0.15, 0.2) is 0 Å². The van der Waals surface area contributed by atoms with Gasteiger partial charge >= 0.3 is 0 Å². The third-order valence-electron chi connectivity index (χ3n) is 3.18. The molecule has 1 aromatic rings. The summed E-state index contributed by atoms with van der Waals surface area (Å²) < 4.78 is 26.1. The fourth-order valence-electron chi connectivity index (χ4n) is 2.23. The van der Waals surface area contributed by atoms with Gasteiger partial charge < -0.3 is 5.32 Å². The molecule has 0 bridgehead atoms. The molecule has 0 saturated carbocycles. The second-order valence-corrected chi connectivity index (χ2v) is 4.64. The number of likely N-dealkylation sites (N-methyl/N-ethyl adjacent to an activating group) is 1. The first-order valence-electron chi connectivity index (χ1n) is 6.19. The maximum Gasteiger partial charge on any atom is 0.126 e. The number of hydrogen-bond donors (Lipinski definition) is 1. The van der Waals surface area contributed by atoms with Gasteiger partial charge in [0.2, 0.25) is 0 Å². The molecule has 0 radical (unpaired) electrons. The Bertz CT molecular complexity index is 332. The van der Waals surface area contributed by atoms with Crippen molar-refractivity contribution in [3.63, 3.8) is 0 Å². The van der Waals surface area contributed by atoms with Gasteiger partial charge in [-0.2, -0.15) is 0 Å². The Morgan fingerprint density at radius 1 is 1.18 bits per heavy atom. The molecular weight excluding hydrogens is 220 g/mol. The summed E-state index contributed by atoms with van der Waals surface area (Å²) in [6, 6.07) is 3.99. The summed E-state index contributed by atoms with van der Waals surface area (Å²) in [5.41, 5.74) is 0.713. The van der Waals surface area contributed by atoms with E-state index in [-0.39, 0.29) is 6.04 Å². The minimum absolute atomic E-state index is 0.260. The van der Waals surface area contributed by atoms with E-state index in [1.807, 2.05) is 7.05 Å². The van der Waals surface area contributed by atoms with E-state index < -0.39 is 11.6 Å².